The predicted octanol–water partition coefficient (Wildman–Crippen LogP) is -5.59. The van der Waals surface area contributed by atoms with Gasteiger partial charge in [-0.25, -0.2) is 0 Å². The van der Waals surface area contributed by atoms with Gasteiger partial charge in [-0.3, -0.25) is 0 Å². The summed E-state index contributed by atoms with van der Waals surface area (Å²) >= 11 is 0. The van der Waals surface area contributed by atoms with E-state index >= 15 is 0 Å². The monoisotopic (exact) mass is 184 g/mol. The van der Waals surface area contributed by atoms with Crippen LogP contribution in [0, 0.1) is 0 Å². The molecule has 0 fully saturated rings. The van der Waals surface area contributed by atoms with Crippen LogP contribution < -0.4 is 0 Å². The minimum absolute atomic E-state index is 0. The molecule has 0 aliphatic rings. The lowest BCUT2D eigenvalue weighted by Crippen LogP contribution is -2.08. The van der Waals surface area contributed by atoms with Crippen molar-refractivity contribution in [1.82, 2.24) is 0 Å². The Morgan fingerprint density at radius 1 is 1.00 bits per heavy atom. The Balaban J connectivity index is 0. The SMILES string of the molecule is B.[SiH3]O[SiH2]O[SiH2]O[SiH3]. The normalized spacial score (nSPS) is 12.0. The molecule has 0 amide bonds. The van der Waals surface area contributed by atoms with Crippen molar-refractivity contribution >= 4 is 49.4 Å². The zero-order valence-corrected chi connectivity index (χ0v) is 11.5. The fraction of sp³-hybridized carbons (Fsp3) is 0. The Kier molecular flexibility index (Phi) is 15.5. The molecule has 8 heavy (non-hydrogen) atoms. The second kappa shape index (κ2) is 10.7. The average Bonchev–Trinajstić information content (AvgIpc) is 1.69. The van der Waals surface area contributed by atoms with E-state index in [0.717, 1.165) is 21.0 Å². The molecule has 0 radical (unpaired) electrons. The Morgan fingerprint density at radius 2 is 1.38 bits per heavy atom. The number of hydrogen-bond donors (Lipinski definition) is 0. The van der Waals surface area contributed by atoms with Crippen LogP contribution in [0.1, 0.15) is 0 Å². The van der Waals surface area contributed by atoms with E-state index < -0.39 is 20.0 Å². The quantitative estimate of drug-likeness (QED) is 0.322. The summed E-state index contributed by atoms with van der Waals surface area (Å²) in [5, 5.41) is 0. The van der Waals surface area contributed by atoms with Gasteiger partial charge in [0.1, 0.15) is 21.0 Å². The Labute approximate surface area is 62.3 Å². The van der Waals surface area contributed by atoms with Crippen LogP contribution in [0.25, 0.3) is 0 Å². The van der Waals surface area contributed by atoms with Gasteiger partial charge in [-0.1, -0.05) is 0 Å². The minimum atomic E-state index is -0.569. The first-order valence-corrected chi connectivity index (χ1v) is 5.91. The molecule has 0 aromatic rings. The third-order valence-electron chi connectivity index (χ3n) is 0.402. The highest BCUT2D eigenvalue weighted by atomic mass is 28.4. The molecule has 0 aromatic heterocycles. The summed E-state index contributed by atoms with van der Waals surface area (Å²) in [5.41, 5.74) is 0. The van der Waals surface area contributed by atoms with Crippen molar-refractivity contribution in [2.75, 3.05) is 0 Å². The highest BCUT2D eigenvalue weighted by Crippen LogP contribution is 1.63. The van der Waals surface area contributed by atoms with Gasteiger partial charge in [-0.2, -0.15) is 0 Å². The highest BCUT2D eigenvalue weighted by Gasteiger charge is 1.80. The van der Waals surface area contributed by atoms with Crippen molar-refractivity contribution in [2.45, 2.75) is 0 Å². The molecule has 0 unspecified atom stereocenters. The average molecular weight is 184 g/mol. The Bertz CT molecular complexity index is 30.5. The fourth-order valence-corrected chi connectivity index (χ4v) is 4.81. The van der Waals surface area contributed by atoms with Gasteiger partial charge >= 0.3 is 0 Å². The van der Waals surface area contributed by atoms with E-state index in [4.69, 9.17) is 12.3 Å². The van der Waals surface area contributed by atoms with Crippen LogP contribution in [0.2, 0.25) is 0 Å². The van der Waals surface area contributed by atoms with Crippen LogP contribution in [-0.4, -0.2) is 49.4 Å². The van der Waals surface area contributed by atoms with E-state index in [0.29, 0.717) is 0 Å². The molecule has 0 saturated carbocycles. The van der Waals surface area contributed by atoms with Crippen LogP contribution in [0.15, 0.2) is 0 Å². The molecular formula is H13BO3Si4. The van der Waals surface area contributed by atoms with Gasteiger partial charge in [0.05, 0.1) is 8.41 Å². The van der Waals surface area contributed by atoms with Gasteiger partial charge in [0.2, 0.25) is 0 Å². The summed E-state index contributed by atoms with van der Waals surface area (Å²) in [5.74, 6) is 0. The maximum atomic E-state index is 5.03. The van der Waals surface area contributed by atoms with Crippen LogP contribution in [0.3, 0.4) is 0 Å². The first-order chi connectivity index (χ1) is 3.41. The minimum Gasteiger partial charge on any atom is -0.449 e. The van der Waals surface area contributed by atoms with Crippen molar-refractivity contribution in [1.29, 1.82) is 0 Å². The zero-order valence-electron chi connectivity index (χ0n) is 4.64. The lowest BCUT2D eigenvalue weighted by atomic mass is 10.8. The van der Waals surface area contributed by atoms with Crippen LogP contribution in [-0.2, 0) is 12.3 Å². The molecule has 0 rings (SSSR count). The molecule has 0 aliphatic heterocycles. The predicted molar refractivity (Wildman–Crippen MR) is 50.2 cm³/mol. The van der Waals surface area contributed by atoms with E-state index in [1.807, 2.05) is 0 Å². The van der Waals surface area contributed by atoms with Crippen LogP contribution >= 0.6 is 0 Å². The molecule has 0 aliphatic carbocycles. The molecule has 0 heterocycles. The Hall–Kier alpha value is 0.812. The molecule has 8 heteroatoms. The summed E-state index contributed by atoms with van der Waals surface area (Å²) in [6.45, 7) is 0. The van der Waals surface area contributed by atoms with E-state index in [2.05, 4.69) is 0 Å². The van der Waals surface area contributed by atoms with Gasteiger partial charge < -0.3 is 12.3 Å². The second-order valence-electron chi connectivity index (χ2n) is 1.02. The highest BCUT2D eigenvalue weighted by molar-refractivity contribution is 6.40. The van der Waals surface area contributed by atoms with Crippen molar-refractivity contribution < 1.29 is 12.3 Å². The lowest BCUT2D eigenvalue weighted by Gasteiger charge is -1.97. The number of hydrogen-bond acceptors (Lipinski definition) is 3. The zero-order chi connectivity index (χ0) is 5.54. The van der Waals surface area contributed by atoms with E-state index in [9.17, 15) is 0 Å². The first-order valence-electron chi connectivity index (χ1n) is 1.97. The van der Waals surface area contributed by atoms with E-state index in [1.165, 1.54) is 0 Å². The molecule has 0 spiro atoms. The smallest absolute Gasteiger partial charge is 0.284 e. The third-order valence-corrected chi connectivity index (χ3v) is 3.62. The van der Waals surface area contributed by atoms with Crippen molar-refractivity contribution in [3.05, 3.63) is 0 Å². The molecule has 0 aromatic carbocycles. The molecule has 0 bridgehead atoms. The molecule has 3 nitrogen and oxygen atoms in total. The van der Waals surface area contributed by atoms with Crippen molar-refractivity contribution in [2.24, 2.45) is 0 Å². The summed E-state index contributed by atoms with van der Waals surface area (Å²) in [4.78, 5) is 0. The van der Waals surface area contributed by atoms with Crippen LogP contribution in [0.5, 0.6) is 0 Å². The van der Waals surface area contributed by atoms with Gasteiger partial charge in [-0.05, 0) is 0 Å². The van der Waals surface area contributed by atoms with Gasteiger partial charge in [0, 0.05) is 0 Å². The summed E-state index contributed by atoms with van der Waals surface area (Å²) in [7, 11) is 0.504. The molecule has 0 atom stereocenters. The largest absolute Gasteiger partial charge is 0.449 e. The van der Waals surface area contributed by atoms with Crippen LogP contribution in [0.4, 0.5) is 0 Å². The first kappa shape index (κ1) is 11.6. The topological polar surface area (TPSA) is 27.7 Å². The summed E-state index contributed by atoms with van der Waals surface area (Å²) in [6.07, 6.45) is 0. The molecule has 0 N–H and O–H groups in total. The molecular weight excluding hydrogens is 171 g/mol. The fourth-order valence-electron chi connectivity index (χ4n) is 0.201. The summed E-state index contributed by atoms with van der Waals surface area (Å²) in [6, 6.07) is 0. The third kappa shape index (κ3) is 9.94. The lowest BCUT2D eigenvalue weighted by molar-refractivity contribution is 0.443. The van der Waals surface area contributed by atoms with Crippen molar-refractivity contribution in [3.63, 3.8) is 0 Å². The van der Waals surface area contributed by atoms with E-state index in [-0.39, 0.29) is 8.41 Å². The van der Waals surface area contributed by atoms with Gasteiger partial charge in [-0.15, -0.1) is 0 Å². The number of rotatable bonds is 4. The standard InChI is InChI=1S/BH3.H10O3Si4/c;4-1-6-3-7-2-5/h1H3;6-7H2,4-5H3. The molecule has 0 saturated heterocycles. The van der Waals surface area contributed by atoms with Crippen molar-refractivity contribution in [3.8, 4) is 0 Å². The maximum Gasteiger partial charge on any atom is 0.284 e. The second-order valence-corrected chi connectivity index (χ2v) is 7.74. The molecule has 50 valence electrons. The van der Waals surface area contributed by atoms with E-state index in [1.54, 1.807) is 0 Å². The Morgan fingerprint density at radius 3 is 1.62 bits per heavy atom. The van der Waals surface area contributed by atoms with Gasteiger partial charge in [0.15, 0.2) is 0 Å². The maximum absolute atomic E-state index is 5.03. The summed E-state index contributed by atoms with van der Waals surface area (Å²) < 4.78 is 14.8. The van der Waals surface area contributed by atoms with Gasteiger partial charge in [0.25, 0.3) is 20.0 Å².